The number of hydrogen-bond acceptors (Lipinski definition) is 21. The molecule has 0 bridgehead atoms. The van der Waals surface area contributed by atoms with Crippen LogP contribution in [0.25, 0.3) is 10.8 Å². The van der Waals surface area contributed by atoms with Gasteiger partial charge in [-0.2, -0.15) is 27.8 Å². The van der Waals surface area contributed by atoms with Crippen LogP contribution in [0.2, 0.25) is 0 Å². The lowest BCUT2D eigenvalue weighted by atomic mass is 10.1. The van der Waals surface area contributed by atoms with Crippen LogP contribution in [0.1, 0.15) is 5.56 Å². The van der Waals surface area contributed by atoms with E-state index in [4.69, 9.17) is 14.7 Å². The summed E-state index contributed by atoms with van der Waals surface area (Å²) in [5.74, 6) is -1.62. The van der Waals surface area contributed by atoms with E-state index in [1.165, 1.54) is 54.4 Å². The van der Waals surface area contributed by atoms with Crippen LogP contribution in [-0.4, -0.2) is 83.7 Å². The Hall–Kier alpha value is -3.86. The summed E-state index contributed by atoms with van der Waals surface area (Å²) in [5, 5.41) is 46.1. The molecule has 25 heteroatoms. The number of rotatable bonds is 18. The number of sulfone groups is 1. The number of hydrogen-bond donors (Lipinski definition) is 5. The molecule has 0 radical (unpaired) electrons. The predicted molar refractivity (Wildman–Crippen MR) is 175 cm³/mol. The van der Waals surface area contributed by atoms with E-state index >= 15 is 0 Å². The van der Waals surface area contributed by atoms with Gasteiger partial charge in [-0.1, -0.05) is 16.1 Å². The molecule has 5 N–H and O–H groups in total. The molecule has 0 spiro atoms. The van der Waals surface area contributed by atoms with E-state index in [-0.39, 0.29) is 70.5 Å². The number of azo groups is 1. The van der Waals surface area contributed by atoms with Gasteiger partial charge in [-0.15, -0.1) is 18.9 Å². The summed E-state index contributed by atoms with van der Waals surface area (Å²) in [4.78, 5) is 12.2. The fourth-order valence-corrected chi connectivity index (χ4v) is 6.67. The Bertz CT molecular complexity index is 2080. The maximum absolute atomic E-state index is 14.4. The number of nitrogens with one attached hydrogen (secondary N) is 1. The van der Waals surface area contributed by atoms with Gasteiger partial charge in [0.25, 0.3) is 10.1 Å². The summed E-state index contributed by atoms with van der Waals surface area (Å²) >= 11 is 0.661. The molecule has 0 aliphatic heterocycles. The van der Waals surface area contributed by atoms with Gasteiger partial charge in [-0.05, 0) is 54.3 Å². The number of nitrogens with zero attached hydrogens (tertiary/aromatic N) is 6. The van der Waals surface area contributed by atoms with E-state index < -0.39 is 36.7 Å². The van der Waals surface area contributed by atoms with Crippen LogP contribution < -0.4 is 10.2 Å². The van der Waals surface area contributed by atoms with E-state index in [2.05, 4.69) is 49.2 Å². The Kier molecular flexibility index (Phi) is 13.5. The van der Waals surface area contributed by atoms with E-state index in [0.29, 0.717) is 28.7 Å². The third-order valence-corrected chi connectivity index (χ3v) is 9.85. The zero-order valence-corrected chi connectivity index (χ0v) is 28.8. The standard InChI is InChI=1S/C25H26FN7O13S4/c1-14-3-6-18(20(11-14)50(39,40)41)31-32-21-19(47-45-43-35)13-15-12-16(4-5-17(15)22(21)34)27-24-28-23(26)29-25(30-24)33(2)7-9-49(37,38)10-8-42-48-46-44-36/h3-6,11-13,34-36H,7-10H2,1-2H3,(H,39,40,41)(H,27,28,29,30)/b32-31+. The number of aromatic nitrogens is 3. The number of aryl methyl sites for hydroxylation is 1. The zero-order chi connectivity index (χ0) is 36.5. The average Bonchev–Trinajstić information content (AvgIpc) is 3.05. The number of phenolic OH excluding ortho intramolecular Hbond substituents is 1. The first-order valence-corrected chi connectivity index (χ1v) is 18.2. The van der Waals surface area contributed by atoms with Crippen LogP contribution in [0.5, 0.6) is 5.75 Å². The Balaban J connectivity index is 1.57. The molecule has 270 valence electrons. The molecule has 1 aromatic heterocycles. The van der Waals surface area contributed by atoms with Gasteiger partial charge >= 0.3 is 6.08 Å². The van der Waals surface area contributed by atoms with Gasteiger partial charge in [0.1, 0.15) is 16.3 Å². The van der Waals surface area contributed by atoms with Crippen LogP contribution in [0.4, 0.5) is 33.3 Å². The molecule has 0 amide bonds. The van der Waals surface area contributed by atoms with Gasteiger partial charge in [-0.3, -0.25) is 8.74 Å². The fraction of sp³-hybridized carbons (Fsp3) is 0.240. The van der Waals surface area contributed by atoms with Crippen LogP contribution in [0, 0.1) is 13.0 Å². The molecule has 0 fully saturated rings. The molecule has 0 atom stereocenters. The maximum atomic E-state index is 14.4. The lowest BCUT2D eigenvalue weighted by Gasteiger charge is -2.17. The van der Waals surface area contributed by atoms with Crippen molar-refractivity contribution in [3.05, 3.63) is 54.1 Å². The molecule has 50 heavy (non-hydrogen) atoms. The lowest BCUT2D eigenvalue weighted by Crippen LogP contribution is -2.29. The number of halogens is 1. The normalized spacial score (nSPS) is 12.2. The van der Waals surface area contributed by atoms with Crippen LogP contribution >= 0.6 is 24.4 Å². The third-order valence-electron chi connectivity index (χ3n) is 6.37. The number of fused-ring (bicyclic) bond motifs is 1. The van der Waals surface area contributed by atoms with Crippen molar-refractivity contribution < 1.29 is 64.3 Å². The zero-order valence-electron chi connectivity index (χ0n) is 25.5. The molecule has 0 aliphatic rings. The van der Waals surface area contributed by atoms with Crippen LogP contribution in [-0.2, 0) is 42.9 Å². The number of benzene rings is 3. The topological polar surface area (TPSA) is 274 Å². The molecular weight excluding hydrogens is 754 g/mol. The average molecular weight is 780 g/mol. The van der Waals surface area contributed by atoms with E-state index in [0.717, 1.165) is 0 Å². The number of phenols is 1. The van der Waals surface area contributed by atoms with Crippen molar-refractivity contribution >= 4 is 84.1 Å². The summed E-state index contributed by atoms with van der Waals surface area (Å²) in [7, 11) is -6.85. The fourth-order valence-electron chi connectivity index (χ4n) is 4.06. The van der Waals surface area contributed by atoms with Gasteiger partial charge in [0, 0.05) is 24.7 Å². The molecule has 4 aromatic rings. The van der Waals surface area contributed by atoms with Crippen molar-refractivity contribution in [3.8, 4) is 5.75 Å². The predicted octanol–water partition coefficient (Wildman–Crippen LogP) is 4.86. The van der Waals surface area contributed by atoms with Gasteiger partial charge in [-0.25, -0.2) is 18.9 Å². The van der Waals surface area contributed by atoms with Crippen molar-refractivity contribution in [2.75, 3.05) is 41.9 Å². The highest BCUT2D eigenvalue weighted by Gasteiger charge is 2.20. The highest BCUT2D eigenvalue weighted by atomic mass is 32.2. The van der Waals surface area contributed by atoms with E-state index in [1.54, 1.807) is 6.92 Å². The summed E-state index contributed by atoms with van der Waals surface area (Å²) in [6, 6.07) is 9.92. The van der Waals surface area contributed by atoms with Gasteiger partial charge in [0.05, 0.1) is 35.1 Å². The minimum absolute atomic E-state index is 0.0355. The Morgan fingerprint density at radius 2 is 1.74 bits per heavy atom. The quantitative estimate of drug-likeness (QED) is 0.0225. The number of anilines is 3. The van der Waals surface area contributed by atoms with Crippen LogP contribution in [0.3, 0.4) is 0 Å². The van der Waals surface area contributed by atoms with Gasteiger partial charge in [0.2, 0.25) is 11.9 Å². The first-order valence-electron chi connectivity index (χ1n) is 13.5. The van der Waals surface area contributed by atoms with E-state index in [1.807, 2.05) is 0 Å². The highest BCUT2D eigenvalue weighted by molar-refractivity contribution is 7.94. The summed E-state index contributed by atoms with van der Waals surface area (Å²) < 4.78 is 85.7. The summed E-state index contributed by atoms with van der Waals surface area (Å²) in [5.41, 5.74) is 0.380. The second kappa shape index (κ2) is 17.4. The molecule has 20 nitrogen and oxygen atoms in total. The lowest BCUT2D eigenvalue weighted by molar-refractivity contribution is -0.434. The molecule has 0 saturated heterocycles. The van der Waals surface area contributed by atoms with Crippen molar-refractivity contribution in [2.24, 2.45) is 10.2 Å². The minimum atomic E-state index is -4.67. The number of aromatic hydroxyl groups is 1. The molecule has 1 heterocycles. The third kappa shape index (κ3) is 10.8. The molecule has 0 aliphatic carbocycles. The van der Waals surface area contributed by atoms with Crippen LogP contribution in [0.15, 0.2) is 62.5 Å². The van der Waals surface area contributed by atoms with Crippen molar-refractivity contribution in [2.45, 2.75) is 16.7 Å². The monoisotopic (exact) mass is 779 g/mol. The van der Waals surface area contributed by atoms with E-state index in [9.17, 15) is 30.9 Å². The summed E-state index contributed by atoms with van der Waals surface area (Å²) in [6.07, 6.45) is -1.16. The Morgan fingerprint density at radius 3 is 2.46 bits per heavy atom. The maximum Gasteiger partial charge on any atom is 0.315 e. The second-order valence-corrected chi connectivity index (χ2v) is 14.8. The van der Waals surface area contributed by atoms with Crippen molar-refractivity contribution in [3.63, 3.8) is 0 Å². The molecule has 0 unspecified atom stereocenters. The summed E-state index contributed by atoms with van der Waals surface area (Å²) in [6.45, 7) is 1.22. The first kappa shape index (κ1) is 38.9. The highest BCUT2D eigenvalue weighted by Crippen LogP contribution is 2.45. The van der Waals surface area contributed by atoms with Crippen molar-refractivity contribution in [1.82, 2.24) is 15.0 Å². The van der Waals surface area contributed by atoms with Gasteiger partial charge < -0.3 is 15.3 Å². The smallest absolute Gasteiger partial charge is 0.315 e. The molecular formula is C25H26FN7O13S4. The van der Waals surface area contributed by atoms with Crippen molar-refractivity contribution in [1.29, 1.82) is 0 Å². The Labute approximate surface area is 291 Å². The minimum Gasteiger partial charge on any atom is -0.505 e. The molecule has 0 saturated carbocycles. The second-order valence-electron chi connectivity index (χ2n) is 9.84. The first-order chi connectivity index (χ1) is 23.7. The Morgan fingerprint density at radius 1 is 0.980 bits per heavy atom. The molecule has 3 aromatic carbocycles. The largest absolute Gasteiger partial charge is 0.505 e. The molecule has 4 rings (SSSR count). The SMILES string of the molecule is Cc1ccc(/N=N/c2c(SOOO)cc3cc(Nc4nc(F)nc(N(C)CCS(=O)(=O)CCOSOOO)n4)ccc3c2O)c(S(=O)(=O)O)c1. The van der Waals surface area contributed by atoms with Gasteiger partial charge in [0.15, 0.2) is 27.9 Å².